The van der Waals surface area contributed by atoms with Crippen LogP contribution in [-0.4, -0.2) is 55.7 Å². The predicted molar refractivity (Wildman–Crippen MR) is 120 cm³/mol. The normalized spacial score (nSPS) is 17.2. The van der Waals surface area contributed by atoms with Crippen molar-refractivity contribution < 1.29 is 22.5 Å². The summed E-state index contributed by atoms with van der Waals surface area (Å²) >= 11 is 5.92. The minimum absolute atomic E-state index is 0.0413. The summed E-state index contributed by atoms with van der Waals surface area (Å²) < 4.78 is 37.2. The zero-order valence-corrected chi connectivity index (χ0v) is 18.9. The largest absolute Gasteiger partial charge is 0.378 e. The Labute approximate surface area is 194 Å². The number of carbonyl (C=O) groups is 1. The van der Waals surface area contributed by atoms with E-state index in [1.54, 1.807) is 42.5 Å². The highest BCUT2D eigenvalue weighted by Gasteiger charge is 2.41. The van der Waals surface area contributed by atoms with Crippen LogP contribution in [0.15, 0.2) is 62.9 Å². The van der Waals surface area contributed by atoms with Gasteiger partial charge in [-0.2, -0.15) is 4.98 Å². The van der Waals surface area contributed by atoms with E-state index in [0.717, 1.165) is 5.56 Å². The number of hydrogen-bond donors (Lipinski definition) is 1. The molecule has 11 heteroatoms. The summed E-state index contributed by atoms with van der Waals surface area (Å²) in [4.78, 5) is 18.9. The van der Waals surface area contributed by atoms with Crippen molar-refractivity contribution in [3.05, 3.63) is 69.9 Å². The zero-order chi connectivity index (χ0) is 23.0. The summed E-state index contributed by atoms with van der Waals surface area (Å²) in [5.41, 5.74) is 1.39. The minimum atomic E-state index is -3.98. The van der Waals surface area contributed by atoms with Gasteiger partial charge in [-0.25, -0.2) is 8.42 Å². The van der Waals surface area contributed by atoms with Crippen molar-refractivity contribution in [3.63, 3.8) is 0 Å². The minimum Gasteiger partial charge on any atom is -0.378 e. The standard InChI is InChI=1S/C22H19ClN4O5S/c23-15-7-5-14(6-8-15)21-25-18(32-26-21)13-24-19-16-3-1-2-4-17(16)33(29,30)20(19)22(28)27-9-11-31-12-10-27/h1-8,24H,9-13H2. The second-order valence-electron chi connectivity index (χ2n) is 7.48. The molecule has 0 atom stereocenters. The van der Waals surface area contributed by atoms with E-state index in [4.69, 9.17) is 20.9 Å². The van der Waals surface area contributed by atoms with Crippen molar-refractivity contribution >= 4 is 33.0 Å². The average Bonchev–Trinajstić information content (AvgIpc) is 3.39. The van der Waals surface area contributed by atoms with Gasteiger partial charge >= 0.3 is 0 Å². The van der Waals surface area contributed by atoms with Crippen molar-refractivity contribution in [2.45, 2.75) is 11.4 Å². The van der Waals surface area contributed by atoms with Gasteiger partial charge in [0.1, 0.15) is 0 Å². The molecule has 5 rings (SSSR count). The molecule has 3 aromatic rings. The van der Waals surface area contributed by atoms with E-state index in [1.165, 1.54) is 11.0 Å². The van der Waals surface area contributed by atoms with Crippen LogP contribution in [0.1, 0.15) is 11.5 Å². The molecule has 2 aliphatic rings. The highest BCUT2D eigenvalue weighted by Crippen LogP contribution is 2.38. The van der Waals surface area contributed by atoms with E-state index in [0.29, 0.717) is 42.7 Å². The lowest BCUT2D eigenvalue weighted by atomic mass is 10.1. The van der Waals surface area contributed by atoms with Gasteiger partial charge in [0.2, 0.25) is 21.6 Å². The Bertz CT molecular complexity index is 1350. The number of morpholine rings is 1. The van der Waals surface area contributed by atoms with Crippen LogP contribution in [-0.2, 0) is 25.9 Å². The third-order valence-corrected chi connectivity index (χ3v) is 7.52. The van der Waals surface area contributed by atoms with E-state index < -0.39 is 15.7 Å². The summed E-state index contributed by atoms with van der Waals surface area (Å²) in [5.74, 6) is 0.0679. The molecule has 0 spiro atoms. The van der Waals surface area contributed by atoms with Crippen LogP contribution in [0.2, 0.25) is 5.02 Å². The fraction of sp³-hybridized carbons (Fsp3) is 0.227. The summed E-state index contributed by atoms with van der Waals surface area (Å²) in [6.45, 7) is 1.43. The Hall–Kier alpha value is -3.21. The molecule has 1 aromatic heterocycles. The second-order valence-corrected chi connectivity index (χ2v) is 9.77. The molecule has 1 N–H and O–H groups in total. The van der Waals surface area contributed by atoms with Crippen molar-refractivity contribution in [2.75, 3.05) is 26.3 Å². The number of carbonyl (C=O) groups excluding carboxylic acids is 1. The Morgan fingerprint density at radius 3 is 2.58 bits per heavy atom. The Morgan fingerprint density at radius 1 is 1.09 bits per heavy atom. The number of halogens is 1. The Morgan fingerprint density at radius 2 is 1.82 bits per heavy atom. The van der Waals surface area contributed by atoms with Gasteiger partial charge in [-0.3, -0.25) is 4.79 Å². The second kappa shape index (κ2) is 8.62. The SMILES string of the molecule is O=C(C1=C(NCc2nc(-c3ccc(Cl)cc3)no2)c2ccccc2S1(=O)=O)N1CCOCC1. The highest BCUT2D eigenvalue weighted by molar-refractivity contribution is 7.97. The van der Waals surface area contributed by atoms with Gasteiger partial charge in [0.25, 0.3) is 5.91 Å². The number of hydrogen-bond acceptors (Lipinski definition) is 8. The molecule has 0 saturated carbocycles. The molecule has 3 heterocycles. The topological polar surface area (TPSA) is 115 Å². The number of sulfone groups is 1. The lowest BCUT2D eigenvalue weighted by Crippen LogP contribution is -2.42. The van der Waals surface area contributed by atoms with E-state index in [2.05, 4.69) is 15.5 Å². The van der Waals surface area contributed by atoms with Gasteiger partial charge in [-0.05, 0) is 30.3 Å². The van der Waals surface area contributed by atoms with E-state index in [-0.39, 0.29) is 27.9 Å². The predicted octanol–water partition coefficient (Wildman–Crippen LogP) is 2.49. The first-order valence-corrected chi connectivity index (χ1v) is 12.1. The fourth-order valence-corrected chi connectivity index (χ4v) is 5.66. The summed E-state index contributed by atoms with van der Waals surface area (Å²) in [5, 5.41) is 7.62. The van der Waals surface area contributed by atoms with Gasteiger partial charge in [0.05, 0.1) is 30.4 Å². The summed E-state index contributed by atoms with van der Waals surface area (Å²) in [6, 6.07) is 13.5. The van der Waals surface area contributed by atoms with Crippen molar-refractivity contribution in [2.24, 2.45) is 0 Å². The maximum absolute atomic E-state index is 13.3. The van der Waals surface area contributed by atoms with Crippen LogP contribution < -0.4 is 5.32 Å². The van der Waals surface area contributed by atoms with Crippen LogP contribution in [0.5, 0.6) is 0 Å². The fourth-order valence-electron chi connectivity index (χ4n) is 3.79. The number of ether oxygens (including phenoxy) is 1. The van der Waals surface area contributed by atoms with Gasteiger partial charge in [0.15, 0.2) is 4.91 Å². The first kappa shape index (κ1) is 21.6. The zero-order valence-electron chi connectivity index (χ0n) is 17.3. The number of rotatable bonds is 5. The molecule has 170 valence electrons. The first-order chi connectivity index (χ1) is 15.9. The van der Waals surface area contributed by atoms with Crippen molar-refractivity contribution in [1.29, 1.82) is 0 Å². The number of benzene rings is 2. The maximum atomic E-state index is 13.3. The molecule has 2 aliphatic heterocycles. The molecular formula is C22H19ClN4O5S. The molecule has 0 unspecified atom stereocenters. The lowest BCUT2D eigenvalue weighted by Gasteiger charge is -2.27. The molecule has 9 nitrogen and oxygen atoms in total. The Kier molecular flexibility index (Phi) is 5.65. The molecule has 1 amide bonds. The summed E-state index contributed by atoms with van der Waals surface area (Å²) in [7, 11) is -3.98. The number of nitrogens with one attached hydrogen (secondary N) is 1. The van der Waals surface area contributed by atoms with Crippen LogP contribution in [0, 0.1) is 0 Å². The third kappa shape index (κ3) is 4.01. The van der Waals surface area contributed by atoms with E-state index >= 15 is 0 Å². The molecule has 0 bridgehead atoms. The molecular weight excluding hydrogens is 468 g/mol. The van der Waals surface area contributed by atoms with Gasteiger partial charge in [0, 0.05) is 29.2 Å². The van der Waals surface area contributed by atoms with E-state index in [9.17, 15) is 13.2 Å². The van der Waals surface area contributed by atoms with E-state index in [1.807, 2.05) is 0 Å². The molecule has 2 aromatic carbocycles. The van der Waals surface area contributed by atoms with Crippen molar-refractivity contribution in [3.8, 4) is 11.4 Å². The average molecular weight is 487 g/mol. The molecule has 1 fully saturated rings. The van der Waals surface area contributed by atoms with Crippen molar-refractivity contribution in [1.82, 2.24) is 20.4 Å². The van der Waals surface area contributed by atoms with Crippen LogP contribution >= 0.6 is 11.6 Å². The Balaban J connectivity index is 1.46. The maximum Gasteiger partial charge on any atom is 0.268 e. The highest BCUT2D eigenvalue weighted by atomic mass is 35.5. The first-order valence-electron chi connectivity index (χ1n) is 10.2. The smallest absolute Gasteiger partial charge is 0.268 e. The van der Waals surface area contributed by atoms with Gasteiger partial charge in [-0.15, -0.1) is 0 Å². The quantitative estimate of drug-likeness (QED) is 0.585. The monoisotopic (exact) mass is 486 g/mol. The molecule has 33 heavy (non-hydrogen) atoms. The lowest BCUT2D eigenvalue weighted by molar-refractivity contribution is -0.130. The molecule has 0 radical (unpaired) electrons. The van der Waals surface area contributed by atoms with Gasteiger partial charge in [-0.1, -0.05) is 35.0 Å². The molecule has 1 saturated heterocycles. The number of amides is 1. The van der Waals surface area contributed by atoms with Crippen LogP contribution in [0.4, 0.5) is 0 Å². The summed E-state index contributed by atoms with van der Waals surface area (Å²) in [6.07, 6.45) is 0. The third-order valence-electron chi connectivity index (χ3n) is 5.42. The number of aromatic nitrogens is 2. The van der Waals surface area contributed by atoms with Crippen LogP contribution in [0.25, 0.3) is 17.1 Å². The van der Waals surface area contributed by atoms with Crippen LogP contribution in [0.3, 0.4) is 0 Å². The van der Waals surface area contributed by atoms with Gasteiger partial charge < -0.3 is 19.5 Å². The molecule has 0 aliphatic carbocycles. The number of nitrogens with zero attached hydrogens (tertiary/aromatic N) is 3. The number of fused-ring (bicyclic) bond motifs is 1.